The van der Waals surface area contributed by atoms with E-state index in [1.807, 2.05) is 0 Å². The first-order valence-corrected chi connectivity index (χ1v) is 9.07. The predicted molar refractivity (Wildman–Crippen MR) is 70.5 cm³/mol. The van der Waals surface area contributed by atoms with Crippen LogP contribution in [0.25, 0.3) is 0 Å². The molecule has 0 aliphatic carbocycles. The van der Waals surface area contributed by atoms with Crippen LogP contribution in [0.5, 0.6) is 0 Å². The molecule has 1 aromatic carbocycles. The maximum absolute atomic E-state index is 7.01. The van der Waals surface area contributed by atoms with Crippen LogP contribution in [-0.4, -0.2) is 18.5 Å². The Morgan fingerprint density at radius 2 is 1.36 bits per heavy atom. The van der Waals surface area contributed by atoms with Crippen LogP contribution in [0.1, 0.15) is 20.8 Å². The Kier molecular flexibility index (Phi) is 3.61. The minimum absolute atomic E-state index is 1.10. The summed E-state index contributed by atoms with van der Waals surface area (Å²) < 4.78 is 0. The van der Waals surface area contributed by atoms with E-state index in [9.17, 15) is 0 Å². The summed E-state index contributed by atoms with van der Waals surface area (Å²) in [6.07, 6.45) is 3.30. The molecule has 0 aromatic heterocycles. The van der Waals surface area contributed by atoms with Gasteiger partial charge in [-0.1, -0.05) is 0 Å². The Bertz CT molecular complexity index is 279. The van der Waals surface area contributed by atoms with Crippen LogP contribution < -0.4 is 5.30 Å². The van der Waals surface area contributed by atoms with Crippen LogP contribution in [0.2, 0.25) is 0 Å². The van der Waals surface area contributed by atoms with Gasteiger partial charge in [-0.2, -0.15) is 0 Å². The van der Waals surface area contributed by atoms with Crippen LogP contribution in [-0.2, 0) is 0 Å². The van der Waals surface area contributed by atoms with E-state index in [1.165, 1.54) is 5.30 Å². The molecule has 0 aliphatic rings. The van der Waals surface area contributed by atoms with Crippen LogP contribution in [0.3, 0.4) is 0 Å². The first kappa shape index (κ1) is 12.0. The molecule has 1 rings (SSSR count). The summed E-state index contributed by atoms with van der Waals surface area (Å²) >= 11 is 7.01. The van der Waals surface area contributed by atoms with Crippen LogP contribution >= 0.6 is 17.2 Å². The van der Waals surface area contributed by atoms with Crippen molar-refractivity contribution in [1.29, 1.82) is 0 Å². The van der Waals surface area contributed by atoms with Crippen molar-refractivity contribution < 1.29 is 0 Å². The molecule has 0 N–H and O–H groups in total. The Morgan fingerprint density at radius 3 is 1.71 bits per heavy atom. The predicted octanol–water partition coefficient (Wildman–Crippen LogP) is 4.08. The van der Waals surface area contributed by atoms with Crippen LogP contribution in [0.15, 0.2) is 30.3 Å². The van der Waals surface area contributed by atoms with Crippen molar-refractivity contribution in [1.82, 2.24) is 0 Å². The fourth-order valence-electron chi connectivity index (χ4n) is 2.02. The Morgan fingerprint density at radius 1 is 0.929 bits per heavy atom. The average Bonchev–Trinajstić information content (AvgIpc) is 2.30. The normalized spacial score (nSPS) is 14.7. The van der Waals surface area contributed by atoms with Crippen molar-refractivity contribution in [3.8, 4) is 0 Å². The van der Waals surface area contributed by atoms with Gasteiger partial charge in [-0.25, -0.2) is 0 Å². The van der Waals surface area contributed by atoms with E-state index in [-0.39, 0.29) is 0 Å². The second-order valence-corrected chi connectivity index (χ2v) is 12.1. The molecule has 0 fully saturated rings. The molecule has 0 saturated carbocycles. The van der Waals surface area contributed by atoms with E-state index in [4.69, 9.17) is 11.2 Å². The van der Waals surface area contributed by atoms with Gasteiger partial charge in [0, 0.05) is 0 Å². The third-order valence-electron chi connectivity index (χ3n) is 3.58. The van der Waals surface area contributed by atoms with Gasteiger partial charge in [-0.15, -0.1) is 0 Å². The SMILES string of the molecule is CCP(Cl)(CC)(CC)c1ccccc1. The van der Waals surface area contributed by atoms with Crippen LogP contribution in [0.4, 0.5) is 0 Å². The zero-order chi connectivity index (χ0) is 10.7. The molecule has 0 unspecified atom stereocenters. The monoisotopic (exact) mass is 230 g/mol. The Balaban J connectivity index is 3.25. The molecular weight excluding hydrogens is 211 g/mol. The maximum atomic E-state index is 7.01. The number of rotatable bonds is 4. The minimum atomic E-state index is -2.10. The molecule has 2 heteroatoms. The number of hydrogen-bond donors (Lipinski definition) is 0. The molecule has 0 aliphatic heterocycles. The summed E-state index contributed by atoms with van der Waals surface area (Å²) in [5, 5.41) is 1.38. The molecule has 0 nitrogen and oxygen atoms in total. The molecular formula is C12H20ClP. The molecule has 0 spiro atoms. The zero-order valence-corrected chi connectivity index (χ0v) is 11.0. The van der Waals surface area contributed by atoms with E-state index >= 15 is 0 Å². The van der Waals surface area contributed by atoms with Gasteiger partial charge in [0.25, 0.3) is 0 Å². The summed E-state index contributed by atoms with van der Waals surface area (Å²) in [5.41, 5.74) is 0. The molecule has 1 aromatic rings. The molecule has 0 saturated heterocycles. The third kappa shape index (κ3) is 1.83. The van der Waals surface area contributed by atoms with Gasteiger partial charge in [0.1, 0.15) is 0 Å². The molecule has 0 amide bonds. The summed E-state index contributed by atoms with van der Waals surface area (Å²) in [6.45, 7) is 6.68. The van der Waals surface area contributed by atoms with Crippen molar-refractivity contribution in [2.24, 2.45) is 0 Å². The molecule has 14 heavy (non-hydrogen) atoms. The fraction of sp³-hybridized carbons (Fsp3) is 0.500. The topological polar surface area (TPSA) is 0 Å². The fourth-order valence-corrected chi connectivity index (χ4v) is 5.71. The van der Waals surface area contributed by atoms with E-state index in [0.717, 1.165) is 18.5 Å². The zero-order valence-electron chi connectivity index (χ0n) is 9.33. The first-order chi connectivity index (χ1) is 6.59. The molecule has 0 heterocycles. The van der Waals surface area contributed by atoms with E-state index in [1.54, 1.807) is 0 Å². The van der Waals surface area contributed by atoms with Crippen molar-refractivity contribution in [2.75, 3.05) is 18.5 Å². The molecule has 0 radical (unpaired) electrons. The van der Waals surface area contributed by atoms with Crippen molar-refractivity contribution in [2.45, 2.75) is 20.8 Å². The van der Waals surface area contributed by atoms with Gasteiger partial charge < -0.3 is 0 Å². The van der Waals surface area contributed by atoms with Gasteiger partial charge >= 0.3 is 92.1 Å². The number of benzene rings is 1. The number of halogens is 1. The summed E-state index contributed by atoms with van der Waals surface area (Å²) in [5.74, 6) is -2.10. The van der Waals surface area contributed by atoms with Crippen molar-refractivity contribution in [3.05, 3.63) is 30.3 Å². The summed E-state index contributed by atoms with van der Waals surface area (Å²) in [7, 11) is 0. The third-order valence-corrected chi connectivity index (χ3v) is 12.3. The van der Waals surface area contributed by atoms with Crippen molar-refractivity contribution >= 4 is 22.5 Å². The summed E-state index contributed by atoms with van der Waals surface area (Å²) in [6, 6.07) is 10.6. The second kappa shape index (κ2) is 4.21. The average molecular weight is 231 g/mol. The molecule has 80 valence electrons. The first-order valence-electron chi connectivity index (χ1n) is 5.37. The Hall–Kier alpha value is -0.0600. The standard InChI is InChI=1S/C12H20ClP/c1-4-14(13,5-2,6-3)12-10-8-7-9-11-12/h7-11H,4-6H2,1-3H3. The quantitative estimate of drug-likeness (QED) is 0.684. The molecule has 0 atom stereocenters. The van der Waals surface area contributed by atoms with Gasteiger partial charge in [-0.05, 0) is 0 Å². The van der Waals surface area contributed by atoms with Gasteiger partial charge in [-0.3, -0.25) is 0 Å². The summed E-state index contributed by atoms with van der Waals surface area (Å²) in [4.78, 5) is 0. The number of hydrogen-bond acceptors (Lipinski definition) is 0. The Labute approximate surface area is 92.4 Å². The van der Waals surface area contributed by atoms with Crippen LogP contribution in [0, 0.1) is 0 Å². The van der Waals surface area contributed by atoms with E-state index in [0.29, 0.717) is 0 Å². The van der Waals surface area contributed by atoms with Crippen molar-refractivity contribution in [3.63, 3.8) is 0 Å². The molecule has 0 bridgehead atoms. The second-order valence-electron chi connectivity index (χ2n) is 3.87. The van der Waals surface area contributed by atoms with Gasteiger partial charge in [0.15, 0.2) is 0 Å². The van der Waals surface area contributed by atoms with Gasteiger partial charge in [0.05, 0.1) is 0 Å². The van der Waals surface area contributed by atoms with E-state index in [2.05, 4.69) is 51.1 Å². The van der Waals surface area contributed by atoms with Gasteiger partial charge in [0.2, 0.25) is 0 Å². The van der Waals surface area contributed by atoms with E-state index < -0.39 is 5.96 Å².